The fraction of sp³-hybridized carbons (Fsp3) is 0.786. The zero-order chi connectivity index (χ0) is 12.2. The van der Waals surface area contributed by atoms with Crippen molar-refractivity contribution in [3.63, 3.8) is 0 Å². The summed E-state index contributed by atoms with van der Waals surface area (Å²) in [7, 11) is 0. The molecule has 0 rings (SSSR count). The Bertz CT molecular complexity index is 195. The molecular weight excluding hydrogens is 200 g/mol. The second-order valence-corrected chi connectivity index (χ2v) is 4.81. The van der Waals surface area contributed by atoms with E-state index in [0.29, 0.717) is 0 Å². The summed E-state index contributed by atoms with van der Waals surface area (Å²) >= 11 is 0. The lowest BCUT2D eigenvalue weighted by atomic mass is 10.0. The van der Waals surface area contributed by atoms with E-state index in [-0.39, 0.29) is 6.42 Å². The smallest absolute Gasteiger partial charge is 0.307 e. The molecular formula is C14H26O2. The number of hydrogen-bond donors (Lipinski definition) is 1. The maximum atomic E-state index is 10.2. The third-order valence-corrected chi connectivity index (χ3v) is 2.61. The van der Waals surface area contributed by atoms with Gasteiger partial charge in [0.2, 0.25) is 0 Å². The van der Waals surface area contributed by atoms with Crippen LogP contribution >= 0.6 is 0 Å². The molecule has 16 heavy (non-hydrogen) atoms. The van der Waals surface area contributed by atoms with Crippen LogP contribution in [-0.2, 0) is 4.79 Å². The van der Waals surface area contributed by atoms with Crippen molar-refractivity contribution in [2.24, 2.45) is 5.92 Å². The van der Waals surface area contributed by atoms with Gasteiger partial charge < -0.3 is 5.11 Å². The topological polar surface area (TPSA) is 37.3 Å². The normalized spacial score (nSPS) is 11.4. The number of carboxylic acid groups (broad SMARTS) is 1. The molecule has 2 heteroatoms. The summed E-state index contributed by atoms with van der Waals surface area (Å²) in [6.07, 6.45) is 12.8. The number of carboxylic acids is 1. The fourth-order valence-corrected chi connectivity index (χ4v) is 1.65. The molecule has 0 unspecified atom stereocenters. The largest absolute Gasteiger partial charge is 0.481 e. The van der Waals surface area contributed by atoms with Crippen molar-refractivity contribution in [2.45, 2.75) is 65.2 Å². The number of aliphatic carboxylic acids is 1. The Morgan fingerprint density at radius 2 is 1.69 bits per heavy atom. The van der Waals surface area contributed by atoms with Crippen molar-refractivity contribution < 1.29 is 9.90 Å². The highest BCUT2D eigenvalue weighted by Crippen LogP contribution is 2.11. The highest BCUT2D eigenvalue weighted by Gasteiger charge is 1.94. The highest BCUT2D eigenvalue weighted by atomic mass is 16.4. The Morgan fingerprint density at radius 3 is 2.31 bits per heavy atom. The Hall–Kier alpha value is -0.790. The van der Waals surface area contributed by atoms with Crippen LogP contribution in [0.15, 0.2) is 12.2 Å². The van der Waals surface area contributed by atoms with Crippen molar-refractivity contribution in [1.82, 2.24) is 0 Å². The summed E-state index contributed by atoms with van der Waals surface area (Å²) in [4.78, 5) is 10.2. The summed E-state index contributed by atoms with van der Waals surface area (Å²) in [6.45, 7) is 4.54. The number of carbonyl (C=O) groups is 1. The lowest BCUT2D eigenvalue weighted by Gasteiger charge is -2.03. The molecule has 0 aliphatic rings. The fourth-order valence-electron chi connectivity index (χ4n) is 1.65. The van der Waals surface area contributed by atoms with Crippen LogP contribution < -0.4 is 0 Å². The van der Waals surface area contributed by atoms with Crippen LogP contribution in [0.25, 0.3) is 0 Å². The molecule has 0 amide bonds. The second-order valence-electron chi connectivity index (χ2n) is 4.81. The number of unbranched alkanes of at least 4 members (excludes halogenated alkanes) is 5. The van der Waals surface area contributed by atoms with E-state index < -0.39 is 5.97 Å². The van der Waals surface area contributed by atoms with Gasteiger partial charge in [0.1, 0.15) is 0 Å². The van der Waals surface area contributed by atoms with Gasteiger partial charge in [-0.2, -0.15) is 0 Å². The monoisotopic (exact) mass is 226 g/mol. The van der Waals surface area contributed by atoms with Gasteiger partial charge in [0.15, 0.2) is 0 Å². The van der Waals surface area contributed by atoms with Crippen LogP contribution in [0.3, 0.4) is 0 Å². The maximum Gasteiger partial charge on any atom is 0.307 e. The van der Waals surface area contributed by atoms with Gasteiger partial charge >= 0.3 is 5.97 Å². The van der Waals surface area contributed by atoms with Crippen molar-refractivity contribution in [2.75, 3.05) is 0 Å². The first-order chi connectivity index (χ1) is 7.63. The molecule has 0 saturated carbocycles. The van der Waals surface area contributed by atoms with Crippen LogP contribution in [0.1, 0.15) is 65.2 Å². The zero-order valence-electron chi connectivity index (χ0n) is 10.7. The van der Waals surface area contributed by atoms with Crippen LogP contribution in [0.2, 0.25) is 0 Å². The molecule has 0 saturated heterocycles. The van der Waals surface area contributed by atoms with Gasteiger partial charge in [0, 0.05) is 0 Å². The summed E-state index contributed by atoms with van der Waals surface area (Å²) in [6, 6.07) is 0. The average molecular weight is 226 g/mol. The van der Waals surface area contributed by atoms with Gasteiger partial charge in [-0.15, -0.1) is 0 Å². The minimum atomic E-state index is -0.745. The Labute approximate surface area is 99.7 Å². The van der Waals surface area contributed by atoms with E-state index in [1.54, 1.807) is 6.08 Å². The Balaban J connectivity index is 3.09. The predicted octanol–water partition coefficient (Wildman–Crippen LogP) is 4.40. The standard InChI is InChI=1S/C14H26O2/c1-13(2)11-9-7-5-3-4-6-8-10-12-14(15)16/h8,10,13H,3-7,9,11-12H2,1-2H3,(H,15,16)/b10-8-. The Morgan fingerprint density at radius 1 is 1.06 bits per heavy atom. The number of hydrogen-bond acceptors (Lipinski definition) is 1. The first kappa shape index (κ1) is 15.2. The van der Waals surface area contributed by atoms with E-state index in [1.165, 1.54) is 38.5 Å². The molecule has 0 heterocycles. The first-order valence-electron chi connectivity index (χ1n) is 6.49. The SMILES string of the molecule is CC(C)CCCCCCC/C=C\CC(=O)O. The summed E-state index contributed by atoms with van der Waals surface area (Å²) in [5, 5.41) is 8.41. The lowest BCUT2D eigenvalue weighted by Crippen LogP contribution is -1.89. The molecule has 2 nitrogen and oxygen atoms in total. The van der Waals surface area contributed by atoms with Crippen molar-refractivity contribution in [1.29, 1.82) is 0 Å². The number of rotatable bonds is 10. The van der Waals surface area contributed by atoms with Gasteiger partial charge in [-0.1, -0.05) is 58.1 Å². The van der Waals surface area contributed by atoms with Gasteiger partial charge in [-0.3, -0.25) is 4.79 Å². The number of allylic oxidation sites excluding steroid dienone is 1. The molecule has 0 aliphatic heterocycles. The average Bonchev–Trinajstić information content (AvgIpc) is 2.20. The van der Waals surface area contributed by atoms with E-state index in [1.807, 2.05) is 6.08 Å². The van der Waals surface area contributed by atoms with E-state index >= 15 is 0 Å². The van der Waals surface area contributed by atoms with E-state index in [2.05, 4.69) is 13.8 Å². The van der Waals surface area contributed by atoms with Gasteiger partial charge in [-0.25, -0.2) is 0 Å². The van der Waals surface area contributed by atoms with E-state index in [0.717, 1.165) is 12.3 Å². The van der Waals surface area contributed by atoms with Crippen LogP contribution in [-0.4, -0.2) is 11.1 Å². The van der Waals surface area contributed by atoms with Gasteiger partial charge in [-0.05, 0) is 18.8 Å². The quantitative estimate of drug-likeness (QED) is 0.442. The molecule has 0 radical (unpaired) electrons. The zero-order valence-corrected chi connectivity index (χ0v) is 10.7. The minimum absolute atomic E-state index is 0.161. The summed E-state index contributed by atoms with van der Waals surface area (Å²) < 4.78 is 0. The molecule has 0 aromatic rings. The molecule has 0 fully saturated rings. The third-order valence-electron chi connectivity index (χ3n) is 2.61. The molecule has 0 aliphatic carbocycles. The molecule has 0 aromatic heterocycles. The molecule has 94 valence electrons. The summed E-state index contributed by atoms with van der Waals surface area (Å²) in [5.41, 5.74) is 0. The van der Waals surface area contributed by atoms with Crippen molar-refractivity contribution >= 4 is 5.97 Å². The van der Waals surface area contributed by atoms with Gasteiger partial charge in [0.05, 0.1) is 6.42 Å². The van der Waals surface area contributed by atoms with Crippen LogP contribution in [0.4, 0.5) is 0 Å². The van der Waals surface area contributed by atoms with Crippen molar-refractivity contribution in [3.8, 4) is 0 Å². The molecule has 0 bridgehead atoms. The molecule has 0 atom stereocenters. The van der Waals surface area contributed by atoms with Crippen molar-refractivity contribution in [3.05, 3.63) is 12.2 Å². The van der Waals surface area contributed by atoms with E-state index in [4.69, 9.17) is 5.11 Å². The van der Waals surface area contributed by atoms with Gasteiger partial charge in [0.25, 0.3) is 0 Å². The first-order valence-corrected chi connectivity index (χ1v) is 6.49. The highest BCUT2D eigenvalue weighted by molar-refractivity contribution is 5.68. The van der Waals surface area contributed by atoms with Crippen LogP contribution in [0.5, 0.6) is 0 Å². The summed E-state index contributed by atoms with van der Waals surface area (Å²) in [5.74, 6) is 0.0869. The maximum absolute atomic E-state index is 10.2. The molecule has 0 aromatic carbocycles. The predicted molar refractivity (Wildman–Crippen MR) is 68.5 cm³/mol. The lowest BCUT2D eigenvalue weighted by molar-refractivity contribution is -0.136. The molecule has 0 spiro atoms. The third kappa shape index (κ3) is 13.2. The molecule has 1 N–H and O–H groups in total. The minimum Gasteiger partial charge on any atom is -0.481 e. The van der Waals surface area contributed by atoms with Crippen LogP contribution in [0, 0.1) is 5.92 Å². The second kappa shape index (κ2) is 10.7. The Kier molecular flexibility index (Phi) is 10.2. The van der Waals surface area contributed by atoms with E-state index in [9.17, 15) is 4.79 Å².